The SMILES string of the molecule is Cc1ccc2nc(-c3ccc(NC(=O)COC(=O)/C=C/c4ccccc4Cl)cc3)sc2c1. The van der Waals surface area contributed by atoms with Crippen LogP contribution in [0.5, 0.6) is 0 Å². The molecule has 0 saturated carbocycles. The van der Waals surface area contributed by atoms with Gasteiger partial charge in [0, 0.05) is 22.3 Å². The van der Waals surface area contributed by atoms with E-state index in [9.17, 15) is 9.59 Å². The van der Waals surface area contributed by atoms with Crippen molar-refractivity contribution in [2.45, 2.75) is 6.92 Å². The summed E-state index contributed by atoms with van der Waals surface area (Å²) in [5, 5.41) is 4.16. The number of nitrogens with zero attached hydrogens (tertiary/aromatic N) is 1. The second-order valence-corrected chi connectivity index (χ2v) is 8.52. The lowest BCUT2D eigenvalue weighted by molar-refractivity contribution is -0.142. The van der Waals surface area contributed by atoms with Crippen molar-refractivity contribution in [3.63, 3.8) is 0 Å². The predicted molar refractivity (Wildman–Crippen MR) is 130 cm³/mol. The van der Waals surface area contributed by atoms with Crippen LogP contribution in [0.3, 0.4) is 0 Å². The number of carbonyl (C=O) groups is 2. The number of hydrogen-bond acceptors (Lipinski definition) is 5. The van der Waals surface area contributed by atoms with E-state index in [1.165, 1.54) is 11.6 Å². The summed E-state index contributed by atoms with van der Waals surface area (Å²) in [7, 11) is 0. The second-order valence-electron chi connectivity index (χ2n) is 7.08. The average Bonchev–Trinajstić information content (AvgIpc) is 3.21. The first-order valence-electron chi connectivity index (χ1n) is 9.85. The van der Waals surface area contributed by atoms with Crippen molar-refractivity contribution in [1.82, 2.24) is 4.98 Å². The van der Waals surface area contributed by atoms with Crippen LogP contribution in [0.15, 0.2) is 72.8 Å². The molecule has 7 heteroatoms. The van der Waals surface area contributed by atoms with Gasteiger partial charge in [0.15, 0.2) is 6.61 Å². The Morgan fingerprint density at radius 2 is 1.88 bits per heavy atom. The van der Waals surface area contributed by atoms with Crippen LogP contribution >= 0.6 is 22.9 Å². The highest BCUT2D eigenvalue weighted by molar-refractivity contribution is 7.21. The summed E-state index contributed by atoms with van der Waals surface area (Å²) in [6.07, 6.45) is 2.79. The normalized spacial score (nSPS) is 11.1. The van der Waals surface area contributed by atoms with Crippen molar-refractivity contribution in [3.8, 4) is 10.6 Å². The van der Waals surface area contributed by atoms with E-state index >= 15 is 0 Å². The highest BCUT2D eigenvalue weighted by atomic mass is 35.5. The van der Waals surface area contributed by atoms with Gasteiger partial charge in [-0.1, -0.05) is 35.9 Å². The number of rotatable bonds is 6. The summed E-state index contributed by atoms with van der Waals surface area (Å²) >= 11 is 7.66. The molecule has 0 radical (unpaired) electrons. The van der Waals surface area contributed by atoms with E-state index in [0.717, 1.165) is 20.8 Å². The van der Waals surface area contributed by atoms with Crippen molar-refractivity contribution in [1.29, 1.82) is 0 Å². The first-order valence-corrected chi connectivity index (χ1v) is 11.0. The molecule has 0 aliphatic carbocycles. The Morgan fingerprint density at radius 3 is 2.66 bits per heavy atom. The van der Waals surface area contributed by atoms with Gasteiger partial charge >= 0.3 is 5.97 Å². The first kappa shape index (κ1) is 21.7. The molecule has 0 saturated heterocycles. The Hall–Kier alpha value is -3.48. The van der Waals surface area contributed by atoms with E-state index in [4.69, 9.17) is 16.3 Å². The Balaban J connectivity index is 1.31. The van der Waals surface area contributed by atoms with E-state index < -0.39 is 11.9 Å². The fourth-order valence-corrected chi connectivity index (χ4v) is 4.27. The molecule has 0 aliphatic rings. The summed E-state index contributed by atoms with van der Waals surface area (Å²) < 4.78 is 6.13. The van der Waals surface area contributed by atoms with Gasteiger partial charge in [-0.2, -0.15) is 0 Å². The zero-order valence-electron chi connectivity index (χ0n) is 17.2. The third-order valence-corrected chi connectivity index (χ3v) is 6.02. The molecule has 0 atom stereocenters. The van der Waals surface area contributed by atoms with Gasteiger partial charge in [-0.3, -0.25) is 4.79 Å². The average molecular weight is 463 g/mol. The zero-order chi connectivity index (χ0) is 22.5. The summed E-state index contributed by atoms with van der Waals surface area (Å²) in [4.78, 5) is 28.6. The number of aromatic nitrogens is 1. The largest absolute Gasteiger partial charge is 0.452 e. The number of halogens is 1. The van der Waals surface area contributed by atoms with Gasteiger partial charge in [0.2, 0.25) is 0 Å². The molecule has 0 aliphatic heterocycles. The summed E-state index contributed by atoms with van der Waals surface area (Å²) in [5.74, 6) is -1.05. The quantitative estimate of drug-likeness (QED) is 0.277. The van der Waals surface area contributed by atoms with Crippen LogP contribution in [0.25, 0.3) is 26.9 Å². The Bertz CT molecular complexity index is 1310. The number of nitrogens with one attached hydrogen (secondary N) is 1. The fourth-order valence-electron chi connectivity index (χ4n) is 3.00. The van der Waals surface area contributed by atoms with E-state index in [2.05, 4.69) is 23.3 Å². The van der Waals surface area contributed by atoms with Crippen LogP contribution in [0.1, 0.15) is 11.1 Å². The maximum Gasteiger partial charge on any atom is 0.331 e. The van der Waals surface area contributed by atoms with Crippen molar-refractivity contribution in [2.75, 3.05) is 11.9 Å². The standard InChI is InChI=1S/C25H19ClN2O3S/c1-16-6-12-21-22(14-16)32-25(28-21)18-7-10-19(11-8-18)27-23(29)15-31-24(30)13-9-17-4-2-3-5-20(17)26/h2-14H,15H2,1H3,(H,27,29)/b13-9+. The van der Waals surface area contributed by atoms with E-state index in [0.29, 0.717) is 16.3 Å². The lowest BCUT2D eigenvalue weighted by Crippen LogP contribution is -2.20. The minimum absolute atomic E-state index is 0.384. The number of aryl methyl sites for hydroxylation is 1. The number of ether oxygens (including phenoxy) is 1. The second kappa shape index (κ2) is 9.77. The number of carbonyl (C=O) groups excluding carboxylic acids is 2. The number of thiazole rings is 1. The molecule has 4 aromatic rings. The predicted octanol–water partition coefficient (Wildman–Crippen LogP) is 6.12. The van der Waals surface area contributed by atoms with Crippen molar-refractivity contribution >= 4 is 56.8 Å². The summed E-state index contributed by atoms with van der Waals surface area (Å²) in [5.41, 5.74) is 4.44. The lowest BCUT2D eigenvalue weighted by Gasteiger charge is -2.06. The van der Waals surface area contributed by atoms with Crippen LogP contribution in [0, 0.1) is 6.92 Å². The molecule has 0 unspecified atom stereocenters. The van der Waals surface area contributed by atoms with Gasteiger partial charge in [-0.05, 0) is 66.6 Å². The topological polar surface area (TPSA) is 68.3 Å². The molecule has 0 fully saturated rings. The molecule has 160 valence electrons. The maximum atomic E-state index is 12.1. The smallest absolute Gasteiger partial charge is 0.331 e. The van der Waals surface area contributed by atoms with E-state index in [-0.39, 0.29) is 6.61 Å². The number of anilines is 1. The molecular weight excluding hydrogens is 444 g/mol. The number of fused-ring (bicyclic) bond motifs is 1. The van der Waals surface area contributed by atoms with E-state index in [1.807, 2.05) is 30.3 Å². The fraction of sp³-hybridized carbons (Fsp3) is 0.0800. The summed E-state index contributed by atoms with van der Waals surface area (Å²) in [6, 6.07) is 20.7. The van der Waals surface area contributed by atoms with Crippen LogP contribution in [0.2, 0.25) is 5.02 Å². The van der Waals surface area contributed by atoms with E-state index in [1.54, 1.807) is 47.7 Å². The van der Waals surface area contributed by atoms with Crippen molar-refractivity contribution in [2.24, 2.45) is 0 Å². The Morgan fingerprint density at radius 1 is 1.09 bits per heavy atom. The van der Waals surface area contributed by atoms with Crippen LogP contribution < -0.4 is 5.32 Å². The Labute approximate surface area is 194 Å². The van der Waals surface area contributed by atoms with Crippen molar-refractivity contribution < 1.29 is 14.3 Å². The third-order valence-electron chi connectivity index (χ3n) is 4.61. The number of amides is 1. The molecule has 32 heavy (non-hydrogen) atoms. The minimum atomic E-state index is -0.624. The van der Waals surface area contributed by atoms with Gasteiger partial charge in [0.25, 0.3) is 5.91 Å². The molecule has 1 aromatic heterocycles. The van der Waals surface area contributed by atoms with Crippen molar-refractivity contribution in [3.05, 3.63) is 89.0 Å². The molecule has 1 heterocycles. The number of benzene rings is 3. The molecular formula is C25H19ClN2O3S. The monoisotopic (exact) mass is 462 g/mol. The zero-order valence-corrected chi connectivity index (χ0v) is 18.7. The molecule has 5 nitrogen and oxygen atoms in total. The van der Waals surface area contributed by atoms with Crippen LogP contribution in [-0.2, 0) is 14.3 Å². The minimum Gasteiger partial charge on any atom is -0.452 e. The highest BCUT2D eigenvalue weighted by Gasteiger charge is 2.09. The number of esters is 1. The van der Waals surface area contributed by atoms with Gasteiger partial charge in [0.1, 0.15) is 5.01 Å². The molecule has 1 N–H and O–H groups in total. The third kappa shape index (κ3) is 5.41. The summed E-state index contributed by atoms with van der Waals surface area (Å²) in [6.45, 7) is 1.67. The van der Waals surface area contributed by atoms with Crippen LogP contribution in [-0.4, -0.2) is 23.5 Å². The first-order chi connectivity index (χ1) is 15.5. The highest BCUT2D eigenvalue weighted by Crippen LogP contribution is 2.31. The Kier molecular flexibility index (Phi) is 6.63. The number of hydrogen-bond donors (Lipinski definition) is 1. The maximum absolute atomic E-state index is 12.1. The molecule has 3 aromatic carbocycles. The molecule has 0 spiro atoms. The van der Waals surface area contributed by atoms with Gasteiger partial charge < -0.3 is 10.1 Å². The lowest BCUT2D eigenvalue weighted by atomic mass is 10.2. The van der Waals surface area contributed by atoms with Gasteiger partial charge in [-0.15, -0.1) is 11.3 Å². The molecule has 1 amide bonds. The molecule has 4 rings (SSSR count). The molecule has 0 bridgehead atoms. The van der Waals surface area contributed by atoms with Crippen LogP contribution in [0.4, 0.5) is 5.69 Å². The van der Waals surface area contributed by atoms with Gasteiger partial charge in [0.05, 0.1) is 10.2 Å². The van der Waals surface area contributed by atoms with Gasteiger partial charge in [-0.25, -0.2) is 9.78 Å².